The normalized spacial score (nSPS) is 11.8. The Morgan fingerprint density at radius 2 is 1.95 bits per heavy atom. The molecule has 0 radical (unpaired) electrons. The number of benzene rings is 1. The molecule has 20 heavy (non-hydrogen) atoms. The zero-order valence-corrected chi connectivity index (χ0v) is 11.9. The number of esters is 1. The van der Waals surface area contributed by atoms with Gasteiger partial charge in [0, 0.05) is 11.5 Å². The van der Waals surface area contributed by atoms with E-state index < -0.39 is 17.6 Å². The van der Waals surface area contributed by atoms with Crippen molar-refractivity contribution in [2.75, 3.05) is 0 Å². The Morgan fingerprint density at radius 3 is 2.45 bits per heavy atom. The van der Waals surface area contributed by atoms with Gasteiger partial charge in [-0.2, -0.15) is 5.26 Å². The molecular weight excluding hydrogens is 252 g/mol. The van der Waals surface area contributed by atoms with E-state index in [1.807, 2.05) is 12.1 Å². The summed E-state index contributed by atoms with van der Waals surface area (Å²) in [5.74, 6) is 4.61. The predicted molar refractivity (Wildman–Crippen MR) is 76.5 cm³/mol. The molecule has 1 atom stereocenters. The van der Waals surface area contributed by atoms with Gasteiger partial charge in [0.2, 0.25) is 0 Å². The van der Waals surface area contributed by atoms with Crippen LogP contribution in [0.3, 0.4) is 0 Å². The highest BCUT2D eigenvalue weighted by Crippen LogP contribution is 2.11. The second-order valence-corrected chi connectivity index (χ2v) is 5.40. The summed E-state index contributed by atoms with van der Waals surface area (Å²) in [4.78, 5) is 11.8. The van der Waals surface area contributed by atoms with Crippen molar-refractivity contribution < 1.29 is 9.53 Å². The molecule has 0 saturated heterocycles. The molecule has 0 spiro atoms. The maximum absolute atomic E-state index is 11.8. The van der Waals surface area contributed by atoms with Crippen LogP contribution in [-0.4, -0.2) is 17.6 Å². The maximum Gasteiger partial charge on any atom is 0.323 e. The zero-order chi connectivity index (χ0) is 15.2. The van der Waals surface area contributed by atoms with Gasteiger partial charge < -0.3 is 10.5 Å². The van der Waals surface area contributed by atoms with Crippen molar-refractivity contribution >= 4 is 5.97 Å². The molecule has 0 aromatic heterocycles. The minimum Gasteiger partial charge on any atom is -0.459 e. The van der Waals surface area contributed by atoms with E-state index in [2.05, 4.69) is 11.8 Å². The van der Waals surface area contributed by atoms with Crippen LogP contribution in [0.1, 0.15) is 31.9 Å². The third kappa shape index (κ3) is 5.56. The Morgan fingerprint density at radius 1 is 1.35 bits per heavy atom. The van der Waals surface area contributed by atoms with Crippen LogP contribution in [0, 0.1) is 23.2 Å². The van der Waals surface area contributed by atoms with Gasteiger partial charge in [-0.1, -0.05) is 18.1 Å². The van der Waals surface area contributed by atoms with E-state index in [0.29, 0.717) is 6.42 Å². The van der Waals surface area contributed by atoms with Gasteiger partial charge in [-0.05, 0) is 44.9 Å². The molecule has 4 heteroatoms. The summed E-state index contributed by atoms with van der Waals surface area (Å²) in [6.45, 7) is 5.42. The van der Waals surface area contributed by atoms with Gasteiger partial charge in [0.05, 0.1) is 0 Å². The topological polar surface area (TPSA) is 76.1 Å². The molecule has 0 aliphatic carbocycles. The molecule has 0 amide bonds. The Labute approximate surface area is 119 Å². The molecule has 0 aliphatic heterocycles. The molecule has 104 valence electrons. The average Bonchev–Trinajstić information content (AvgIpc) is 2.36. The van der Waals surface area contributed by atoms with Crippen molar-refractivity contribution in [3.05, 3.63) is 35.4 Å². The molecule has 1 aromatic carbocycles. The highest BCUT2D eigenvalue weighted by atomic mass is 16.6. The van der Waals surface area contributed by atoms with Gasteiger partial charge >= 0.3 is 5.97 Å². The minimum absolute atomic E-state index is 0.404. The molecular formula is C16H18N2O2. The molecule has 1 aromatic rings. The lowest BCUT2D eigenvalue weighted by molar-refractivity contribution is -0.156. The first kappa shape index (κ1) is 15.8. The van der Waals surface area contributed by atoms with E-state index in [1.54, 1.807) is 39.0 Å². The first-order valence-corrected chi connectivity index (χ1v) is 6.29. The summed E-state index contributed by atoms with van der Waals surface area (Å²) in [5, 5.41) is 8.36. The summed E-state index contributed by atoms with van der Waals surface area (Å²) in [7, 11) is 0. The predicted octanol–water partition coefficient (Wildman–Crippen LogP) is 1.77. The first-order chi connectivity index (χ1) is 9.31. The van der Waals surface area contributed by atoms with Crippen LogP contribution in [-0.2, 0) is 16.0 Å². The summed E-state index contributed by atoms with van der Waals surface area (Å²) in [6.07, 6.45) is 0.404. The number of nitriles is 1. The van der Waals surface area contributed by atoms with Gasteiger partial charge in [0.25, 0.3) is 0 Å². The monoisotopic (exact) mass is 270 g/mol. The molecule has 0 saturated carbocycles. The second-order valence-electron chi connectivity index (χ2n) is 5.40. The van der Waals surface area contributed by atoms with Gasteiger partial charge in [-0.15, -0.1) is 0 Å². The van der Waals surface area contributed by atoms with Crippen LogP contribution < -0.4 is 5.73 Å². The Hall–Kier alpha value is -2.30. The number of carbonyl (C=O) groups excluding carboxylic acids is 1. The average molecular weight is 270 g/mol. The number of hydrogen-bond acceptors (Lipinski definition) is 4. The number of carbonyl (C=O) groups is 1. The lowest BCUT2D eigenvalue weighted by Crippen LogP contribution is -2.38. The number of ether oxygens (including phenoxy) is 1. The van der Waals surface area contributed by atoms with Crippen molar-refractivity contribution in [1.29, 1.82) is 5.26 Å². The van der Waals surface area contributed by atoms with Crippen LogP contribution in [0.4, 0.5) is 0 Å². The largest absolute Gasteiger partial charge is 0.459 e. The minimum atomic E-state index is -0.690. The van der Waals surface area contributed by atoms with Crippen LogP contribution in [0.2, 0.25) is 0 Å². The first-order valence-electron chi connectivity index (χ1n) is 6.29. The van der Waals surface area contributed by atoms with Crippen molar-refractivity contribution in [2.45, 2.75) is 38.8 Å². The van der Waals surface area contributed by atoms with Gasteiger partial charge in [0.15, 0.2) is 6.07 Å². The van der Waals surface area contributed by atoms with Gasteiger partial charge in [0.1, 0.15) is 11.6 Å². The quantitative estimate of drug-likeness (QED) is 0.671. The molecule has 0 aliphatic rings. The second kappa shape index (κ2) is 6.75. The highest BCUT2D eigenvalue weighted by Gasteiger charge is 2.22. The molecule has 0 bridgehead atoms. The van der Waals surface area contributed by atoms with E-state index >= 15 is 0 Å². The number of nitrogens with zero attached hydrogens (tertiary/aromatic N) is 1. The fraction of sp³-hybridized carbons (Fsp3) is 0.375. The lowest BCUT2D eigenvalue weighted by Gasteiger charge is -2.22. The summed E-state index contributed by atoms with van der Waals surface area (Å²) >= 11 is 0. The molecule has 0 fully saturated rings. The lowest BCUT2D eigenvalue weighted by atomic mass is 10.0. The van der Waals surface area contributed by atoms with E-state index in [4.69, 9.17) is 15.7 Å². The third-order valence-electron chi connectivity index (χ3n) is 2.38. The maximum atomic E-state index is 11.8. The zero-order valence-electron chi connectivity index (χ0n) is 11.9. The van der Waals surface area contributed by atoms with E-state index in [9.17, 15) is 4.79 Å². The van der Waals surface area contributed by atoms with Gasteiger partial charge in [-0.25, -0.2) is 0 Å². The molecule has 1 unspecified atom stereocenters. The van der Waals surface area contributed by atoms with Crippen molar-refractivity contribution in [1.82, 2.24) is 0 Å². The Kier molecular flexibility index (Phi) is 5.32. The van der Waals surface area contributed by atoms with Crippen molar-refractivity contribution in [2.24, 2.45) is 5.73 Å². The molecule has 4 nitrogen and oxygen atoms in total. The number of nitrogens with two attached hydrogens (primary N) is 1. The van der Waals surface area contributed by atoms with E-state index in [0.717, 1.165) is 11.1 Å². The van der Waals surface area contributed by atoms with Crippen molar-refractivity contribution in [3.63, 3.8) is 0 Å². The fourth-order valence-corrected chi connectivity index (χ4v) is 1.54. The molecule has 1 rings (SSSR count). The van der Waals surface area contributed by atoms with Crippen LogP contribution in [0.25, 0.3) is 0 Å². The summed E-state index contributed by atoms with van der Waals surface area (Å²) in [6, 6.07) is 8.33. The highest BCUT2D eigenvalue weighted by molar-refractivity contribution is 5.76. The third-order valence-corrected chi connectivity index (χ3v) is 2.38. The van der Waals surface area contributed by atoms with E-state index in [1.165, 1.54) is 0 Å². The Bertz CT molecular complexity index is 566. The Balaban J connectivity index is 2.65. The molecule has 2 N–H and O–H groups in total. The SMILES string of the molecule is CC(C)(C)OC(=O)C(N)Cc1ccc(C#CC#N)cc1. The number of rotatable bonds is 3. The fourth-order valence-electron chi connectivity index (χ4n) is 1.54. The summed E-state index contributed by atoms with van der Waals surface area (Å²) < 4.78 is 5.23. The van der Waals surface area contributed by atoms with Crippen LogP contribution >= 0.6 is 0 Å². The van der Waals surface area contributed by atoms with E-state index in [-0.39, 0.29) is 0 Å². The van der Waals surface area contributed by atoms with Crippen LogP contribution in [0.5, 0.6) is 0 Å². The smallest absolute Gasteiger partial charge is 0.323 e. The number of hydrogen-bond donors (Lipinski definition) is 1. The molecule has 0 heterocycles. The van der Waals surface area contributed by atoms with Crippen LogP contribution in [0.15, 0.2) is 24.3 Å². The summed E-state index contributed by atoms with van der Waals surface area (Å²) in [5.41, 5.74) is 6.97. The van der Waals surface area contributed by atoms with Crippen molar-refractivity contribution in [3.8, 4) is 17.9 Å². The van der Waals surface area contributed by atoms with Gasteiger partial charge in [-0.3, -0.25) is 4.79 Å². The standard InChI is InChI=1S/C16H18N2O2/c1-16(2,3)20-15(19)14(18)11-13-8-6-12(7-9-13)5-4-10-17/h6-9,14H,11,18H2,1-3H3.